The predicted octanol–water partition coefficient (Wildman–Crippen LogP) is 5.17. The van der Waals surface area contributed by atoms with Crippen molar-refractivity contribution < 1.29 is 8.78 Å². The molecule has 1 nitrogen and oxygen atoms in total. The molecule has 0 spiro atoms. The Balaban J connectivity index is 2.08. The fourth-order valence-electron chi connectivity index (χ4n) is 2.14. The van der Waals surface area contributed by atoms with Crippen LogP contribution in [0, 0.1) is 17.1 Å². The van der Waals surface area contributed by atoms with Crippen LogP contribution in [0.1, 0.15) is 24.0 Å². The van der Waals surface area contributed by atoms with Crippen molar-refractivity contribution in [2.75, 3.05) is 0 Å². The number of benzene rings is 2. The third kappa shape index (κ3) is 4.00. The van der Waals surface area contributed by atoms with Crippen molar-refractivity contribution in [3.8, 4) is 17.2 Å². The Morgan fingerprint density at radius 2 is 1.76 bits per heavy atom. The van der Waals surface area contributed by atoms with Crippen molar-refractivity contribution in [3.05, 3.63) is 71.8 Å². The van der Waals surface area contributed by atoms with Crippen molar-refractivity contribution in [2.24, 2.45) is 0 Å². The Labute approximate surface area is 123 Å². The molecule has 0 aliphatic carbocycles. The quantitative estimate of drug-likeness (QED) is 0.694. The SMILES string of the molecule is N#Cc1ccc(-c2ccc(CCCC=CF)cc2)cc1F. The second-order valence-electron chi connectivity index (χ2n) is 4.76. The van der Waals surface area contributed by atoms with E-state index in [0.29, 0.717) is 6.33 Å². The van der Waals surface area contributed by atoms with E-state index < -0.39 is 5.82 Å². The first-order valence-corrected chi connectivity index (χ1v) is 6.79. The molecule has 0 unspecified atom stereocenters. The van der Waals surface area contributed by atoms with Crippen LogP contribution in [0.2, 0.25) is 0 Å². The molecule has 0 aliphatic heterocycles. The molecule has 0 bridgehead atoms. The maximum Gasteiger partial charge on any atom is 0.141 e. The van der Waals surface area contributed by atoms with Crippen LogP contribution in [0.4, 0.5) is 8.78 Å². The van der Waals surface area contributed by atoms with Gasteiger partial charge in [-0.1, -0.05) is 36.4 Å². The van der Waals surface area contributed by atoms with Gasteiger partial charge in [0.1, 0.15) is 11.9 Å². The van der Waals surface area contributed by atoms with E-state index in [2.05, 4.69) is 0 Å². The van der Waals surface area contributed by atoms with Gasteiger partial charge in [0.15, 0.2) is 0 Å². The van der Waals surface area contributed by atoms with Crippen LogP contribution in [0.15, 0.2) is 54.9 Å². The fraction of sp³-hybridized carbons (Fsp3) is 0.167. The Hall–Kier alpha value is -2.47. The monoisotopic (exact) mass is 283 g/mol. The summed E-state index contributed by atoms with van der Waals surface area (Å²) in [6, 6.07) is 14.3. The Morgan fingerprint density at radius 1 is 1.05 bits per heavy atom. The fourth-order valence-corrected chi connectivity index (χ4v) is 2.14. The highest BCUT2D eigenvalue weighted by atomic mass is 19.1. The third-order valence-electron chi connectivity index (χ3n) is 3.30. The first-order valence-electron chi connectivity index (χ1n) is 6.79. The molecule has 21 heavy (non-hydrogen) atoms. The average molecular weight is 283 g/mol. The molecule has 2 rings (SSSR count). The predicted molar refractivity (Wildman–Crippen MR) is 79.7 cm³/mol. The van der Waals surface area contributed by atoms with Gasteiger partial charge in [-0.3, -0.25) is 0 Å². The summed E-state index contributed by atoms with van der Waals surface area (Å²) in [6.07, 6.45) is 4.58. The highest BCUT2D eigenvalue weighted by molar-refractivity contribution is 5.64. The number of nitriles is 1. The molecule has 0 N–H and O–H groups in total. The minimum atomic E-state index is -0.503. The summed E-state index contributed by atoms with van der Waals surface area (Å²) in [4.78, 5) is 0. The van der Waals surface area contributed by atoms with Crippen LogP contribution in [-0.2, 0) is 6.42 Å². The summed E-state index contributed by atoms with van der Waals surface area (Å²) >= 11 is 0. The topological polar surface area (TPSA) is 23.8 Å². The summed E-state index contributed by atoms with van der Waals surface area (Å²) in [5, 5.41) is 8.72. The van der Waals surface area contributed by atoms with E-state index in [1.165, 1.54) is 23.8 Å². The molecule has 106 valence electrons. The lowest BCUT2D eigenvalue weighted by molar-refractivity contribution is 0.624. The molecule has 2 aromatic carbocycles. The number of rotatable bonds is 5. The molecule has 0 atom stereocenters. The van der Waals surface area contributed by atoms with E-state index in [1.807, 2.05) is 30.3 Å². The molecule has 0 amide bonds. The molecule has 0 saturated carbocycles. The Kier molecular flexibility index (Phi) is 5.22. The zero-order chi connectivity index (χ0) is 15.1. The molecular formula is C18H15F2N. The largest absolute Gasteiger partial charge is 0.216 e. The number of hydrogen-bond donors (Lipinski definition) is 0. The number of halogens is 2. The maximum absolute atomic E-state index is 13.6. The van der Waals surface area contributed by atoms with Crippen molar-refractivity contribution in [1.82, 2.24) is 0 Å². The maximum atomic E-state index is 13.6. The van der Waals surface area contributed by atoms with Crippen LogP contribution in [0.5, 0.6) is 0 Å². The molecule has 0 radical (unpaired) electrons. The van der Waals surface area contributed by atoms with E-state index in [4.69, 9.17) is 5.26 Å². The van der Waals surface area contributed by atoms with Gasteiger partial charge in [-0.15, -0.1) is 0 Å². The summed E-state index contributed by atoms with van der Waals surface area (Å²) < 4.78 is 25.4. The van der Waals surface area contributed by atoms with Crippen molar-refractivity contribution in [1.29, 1.82) is 5.26 Å². The first-order chi connectivity index (χ1) is 10.2. The lowest BCUT2D eigenvalue weighted by Crippen LogP contribution is -1.87. The van der Waals surface area contributed by atoms with Gasteiger partial charge >= 0.3 is 0 Å². The van der Waals surface area contributed by atoms with Gasteiger partial charge in [-0.25, -0.2) is 8.78 Å². The molecule has 0 fully saturated rings. The number of allylic oxidation sites excluding steroid dienone is 1. The summed E-state index contributed by atoms with van der Waals surface area (Å²) in [6.45, 7) is 0. The smallest absolute Gasteiger partial charge is 0.141 e. The molecule has 0 saturated heterocycles. The van der Waals surface area contributed by atoms with Crippen molar-refractivity contribution in [3.63, 3.8) is 0 Å². The number of unbranched alkanes of at least 4 members (excludes halogenated alkanes) is 1. The molecular weight excluding hydrogens is 268 g/mol. The lowest BCUT2D eigenvalue weighted by atomic mass is 10.0. The third-order valence-corrected chi connectivity index (χ3v) is 3.30. The Bertz CT molecular complexity index is 667. The molecule has 0 aromatic heterocycles. The molecule has 2 aromatic rings. The van der Waals surface area contributed by atoms with E-state index in [9.17, 15) is 8.78 Å². The minimum Gasteiger partial charge on any atom is -0.216 e. The van der Waals surface area contributed by atoms with Crippen molar-refractivity contribution in [2.45, 2.75) is 19.3 Å². The van der Waals surface area contributed by atoms with Crippen LogP contribution in [-0.4, -0.2) is 0 Å². The molecule has 3 heteroatoms. The first kappa shape index (κ1) is 14.9. The van der Waals surface area contributed by atoms with E-state index >= 15 is 0 Å². The van der Waals surface area contributed by atoms with E-state index in [-0.39, 0.29) is 5.56 Å². The lowest BCUT2D eigenvalue weighted by Gasteiger charge is -2.05. The highest BCUT2D eigenvalue weighted by Crippen LogP contribution is 2.22. The average Bonchev–Trinajstić information content (AvgIpc) is 2.52. The van der Waals surface area contributed by atoms with Crippen LogP contribution in [0.3, 0.4) is 0 Å². The standard InChI is InChI=1S/C18H15F2N/c19-11-3-1-2-4-14-5-7-15(8-6-14)16-9-10-17(13-21)18(20)12-16/h3,5-12H,1-2,4H2. The van der Waals surface area contributed by atoms with E-state index in [0.717, 1.165) is 30.4 Å². The summed E-state index contributed by atoms with van der Waals surface area (Å²) in [7, 11) is 0. The number of hydrogen-bond acceptors (Lipinski definition) is 1. The summed E-state index contributed by atoms with van der Waals surface area (Å²) in [5.41, 5.74) is 2.88. The molecule has 0 heterocycles. The van der Waals surface area contributed by atoms with Gasteiger partial charge in [-0.05, 0) is 48.1 Å². The van der Waals surface area contributed by atoms with Gasteiger partial charge in [-0.2, -0.15) is 5.26 Å². The normalized spacial score (nSPS) is 10.7. The number of aryl methyl sites for hydroxylation is 1. The zero-order valence-electron chi connectivity index (χ0n) is 11.5. The van der Waals surface area contributed by atoms with Crippen LogP contribution < -0.4 is 0 Å². The van der Waals surface area contributed by atoms with Gasteiger partial charge < -0.3 is 0 Å². The van der Waals surface area contributed by atoms with Gasteiger partial charge in [0.25, 0.3) is 0 Å². The van der Waals surface area contributed by atoms with Crippen molar-refractivity contribution >= 4 is 0 Å². The van der Waals surface area contributed by atoms with Gasteiger partial charge in [0, 0.05) is 0 Å². The highest BCUT2D eigenvalue weighted by Gasteiger charge is 2.04. The van der Waals surface area contributed by atoms with Gasteiger partial charge in [0.05, 0.1) is 11.9 Å². The number of nitrogens with zero attached hydrogens (tertiary/aromatic N) is 1. The Morgan fingerprint density at radius 3 is 2.38 bits per heavy atom. The second-order valence-corrected chi connectivity index (χ2v) is 4.76. The minimum absolute atomic E-state index is 0.0521. The second kappa shape index (κ2) is 7.35. The molecule has 0 aliphatic rings. The van der Waals surface area contributed by atoms with Crippen LogP contribution in [0.25, 0.3) is 11.1 Å². The van der Waals surface area contributed by atoms with Gasteiger partial charge in [0.2, 0.25) is 0 Å². The van der Waals surface area contributed by atoms with Crippen LogP contribution >= 0.6 is 0 Å². The summed E-state index contributed by atoms with van der Waals surface area (Å²) in [5.74, 6) is -0.503. The van der Waals surface area contributed by atoms with E-state index in [1.54, 1.807) is 6.07 Å². The zero-order valence-corrected chi connectivity index (χ0v) is 11.5.